The average Bonchev–Trinajstić information content (AvgIpc) is 2.53. The van der Waals surface area contributed by atoms with Crippen LogP contribution < -0.4 is 0 Å². The molecule has 4 bridgehead atoms. The summed E-state index contributed by atoms with van der Waals surface area (Å²) in [7, 11) is 0. The van der Waals surface area contributed by atoms with E-state index in [1.54, 1.807) is 0 Å². The Balaban J connectivity index is 1.38. The van der Waals surface area contributed by atoms with Crippen molar-refractivity contribution in [3.05, 3.63) is 0 Å². The van der Waals surface area contributed by atoms with E-state index in [2.05, 4.69) is 0 Å². The van der Waals surface area contributed by atoms with Crippen LogP contribution in [0.15, 0.2) is 0 Å². The summed E-state index contributed by atoms with van der Waals surface area (Å²) >= 11 is 0. The van der Waals surface area contributed by atoms with Gasteiger partial charge in [-0.3, -0.25) is 4.79 Å². The fraction of sp³-hybridized carbons (Fsp3) is 0.941. The van der Waals surface area contributed by atoms with Crippen LogP contribution in [-0.4, -0.2) is 63.7 Å². The molecule has 0 amide bonds. The van der Waals surface area contributed by atoms with Crippen molar-refractivity contribution in [3.8, 4) is 0 Å². The molecule has 4 N–H and O–H groups in total. The molecule has 7 heteroatoms. The van der Waals surface area contributed by atoms with E-state index in [1.165, 1.54) is 19.3 Å². The lowest BCUT2D eigenvalue weighted by atomic mass is 9.49. The average molecular weight is 342 g/mol. The third kappa shape index (κ3) is 2.66. The van der Waals surface area contributed by atoms with Crippen molar-refractivity contribution in [3.63, 3.8) is 0 Å². The largest absolute Gasteiger partial charge is 0.462 e. The molecule has 4 aliphatic carbocycles. The van der Waals surface area contributed by atoms with Gasteiger partial charge in [0.2, 0.25) is 0 Å². The van der Waals surface area contributed by atoms with E-state index < -0.39 is 36.1 Å². The maximum Gasteiger partial charge on any atom is 0.312 e. The number of aliphatic hydroxyl groups is 4. The smallest absolute Gasteiger partial charge is 0.312 e. The van der Waals surface area contributed by atoms with Crippen LogP contribution in [0.25, 0.3) is 0 Å². The van der Waals surface area contributed by atoms with Crippen molar-refractivity contribution in [1.82, 2.24) is 0 Å². The third-order valence-corrected chi connectivity index (χ3v) is 6.54. The van der Waals surface area contributed by atoms with Gasteiger partial charge in [0.15, 0.2) is 6.29 Å². The zero-order valence-corrected chi connectivity index (χ0v) is 13.6. The van der Waals surface area contributed by atoms with Gasteiger partial charge in [0.1, 0.15) is 31.0 Å². The van der Waals surface area contributed by atoms with Gasteiger partial charge in [0, 0.05) is 0 Å². The van der Waals surface area contributed by atoms with Crippen LogP contribution in [0.2, 0.25) is 0 Å². The first-order valence-electron chi connectivity index (χ1n) is 8.93. The van der Waals surface area contributed by atoms with E-state index in [1.807, 2.05) is 0 Å². The Morgan fingerprint density at radius 3 is 2.00 bits per heavy atom. The minimum atomic E-state index is -1.60. The van der Waals surface area contributed by atoms with Gasteiger partial charge in [-0.25, -0.2) is 0 Å². The van der Waals surface area contributed by atoms with Crippen LogP contribution in [0.1, 0.15) is 38.5 Å². The topological polar surface area (TPSA) is 116 Å². The third-order valence-electron chi connectivity index (χ3n) is 6.54. The monoisotopic (exact) mass is 342 g/mol. The maximum absolute atomic E-state index is 12.7. The summed E-state index contributed by atoms with van der Waals surface area (Å²) in [4.78, 5) is 12.7. The fourth-order valence-corrected chi connectivity index (χ4v) is 5.74. The van der Waals surface area contributed by atoms with E-state index in [0.29, 0.717) is 17.8 Å². The molecule has 4 saturated carbocycles. The number of hydrogen-bond acceptors (Lipinski definition) is 7. The highest BCUT2D eigenvalue weighted by molar-refractivity contribution is 5.77. The highest BCUT2D eigenvalue weighted by Gasteiger charge is 2.55. The Bertz CT molecular complexity index is 472. The number of ether oxygens (including phenoxy) is 2. The molecule has 0 aromatic carbocycles. The molecule has 1 aliphatic heterocycles. The van der Waals surface area contributed by atoms with Crippen LogP contribution in [0.3, 0.4) is 0 Å². The molecule has 0 radical (unpaired) electrons. The summed E-state index contributed by atoms with van der Waals surface area (Å²) < 4.78 is 10.5. The predicted octanol–water partition coefficient (Wildman–Crippen LogP) is -0.454. The number of esters is 1. The molecule has 5 aliphatic rings. The molecule has 24 heavy (non-hydrogen) atoms. The zero-order chi connectivity index (χ0) is 17.1. The molecule has 0 spiro atoms. The molecule has 1 unspecified atom stereocenters. The van der Waals surface area contributed by atoms with Crippen molar-refractivity contribution in [1.29, 1.82) is 0 Å². The normalized spacial score (nSPS) is 53.2. The van der Waals surface area contributed by atoms with Gasteiger partial charge in [-0.15, -0.1) is 0 Å². The summed E-state index contributed by atoms with van der Waals surface area (Å²) in [5.74, 6) is 1.63. The highest BCUT2D eigenvalue weighted by Crippen LogP contribution is 2.60. The first kappa shape index (κ1) is 16.7. The lowest BCUT2D eigenvalue weighted by Crippen LogP contribution is -2.59. The van der Waals surface area contributed by atoms with E-state index in [-0.39, 0.29) is 12.6 Å². The molecule has 0 aromatic rings. The summed E-state index contributed by atoms with van der Waals surface area (Å²) in [6.45, 7) is -0.234. The van der Waals surface area contributed by atoms with Gasteiger partial charge in [-0.05, 0) is 56.3 Å². The Morgan fingerprint density at radius 1 is 0.917 bits per heavy atom. The summed E-state index contributed by atoms with van der Waals surface area (Å²) in [6, 6.07) is 0. The molecule has 136 valence electrons. The van der Waals surface area contributed by atoms with E-state index in [0.717, 1.165) is 19.3 Å². The number of carbonyl (C=O) groups is 1. The molecule has 5 atom stereocenters. The second-order valence-corrected chi connectivity index (χ2v) is 8.33. The number of aliphatic hydroxyl groups excluding tert-OH is 4. The highest BCUT2D eigenvalue weighted by atomic mass is 16.6. The zero-order valence-electron chi connectivity index (χ0n) is 13.6. The minimum Gasteiger partial charge on any atom is -0.462 e. The molecule has 5 fully saturated rings. The molecule has 0 aromatic heterocycles. The quantitative estimate of drug-likeness (QED) is 0.513. The number of hydrogen-bond donors (Lipinski definition) is 4. The Morgan fingerprint density at radius 2 is 1.46 bits per heavy atom. The molecule has 1 saturated heterocycles. The summed E-state index contributed by atoms with van der Waals surface area (Å²) in [6.07, 6.45) is -0.822. The number of rotatable bonds is 3. The van der Waals surface area contributed by atoms with Crippen LogP contribution in [0.5, 0.6) is 0 Å². The summed E-state index contributed by atoms with van der Waals surface area (Å²) in [5, 5.41) is 38.7. The van der Waals surface area contributed by atoms with Gasteiger partial charge < -0.3 is 29.9 Å². The predicted molar refractivity (Wildman–Crippen MR) is 80.5 cm³/mol. The van der Waals surface area contributed by atoms with Crippen LogP contribution >= 0.6 is 0 Å². The second kappa shape index (κ2) is 5.92. The van der Waals surface area contributed by atoms with Crippen molar-refractivity contribution < 1.29 is 34.7 Å². The lowest BCUT2D eigenvalue weighted by Gasteiger charge is -2.55. The summed E-state index contributed by atoms with van der Waals surface area (Å²) in [5.41, 5.74) is -0.398. The van der Waals surface area contributed by atoms with Gasteiger partial charge in [0.05, 0.1) is 5.41 Å². The Labute approximate surface area is 140 Å². The molecular weight excluding hydrogens is 316 g/mol. The van der Waals surface area contributed by atoms with Crippen LogP contribution in [-0.2, 0) is 14.3 Å². The SMILES string of the molecule is O=C(OC[C@H]1OC(O)[C@H](O)[C@@H](O)[C@H]1O)C12CC3CC(CC(C3)C1)C2. The van der Waals surface area contributed by atoms with Gasteiger partial charge in [-0.2, -0.15) is 0 Å². The van der Waals surface area contributed by atoms with E-state index >= 15 is 0 Å². The Hall–Kier alpha value is -0.730. The Kier molecular flexibility index (Phi) is 4.12. The lowest BCUT2D eigenvalue weighted by molar-refractivity contribution is -0.288. The van der Waals surface area contributed by atoms with Crippen molar-refractivity contribution >= 4 is 5.97 Å². The molecule has 1 heterocycles. The van der Waals surface area contributed by atoms with Gasteiger partial charge in [0.25, 0.3) is 0 Å². The van der Waals surface area contributed by atoms with Crippen molar-refractivity contribution in [2.75, 3.05) is 6.61 Å². The van der Waals surface area contributed by atoms with Crippen LogP contribution in [0.4, 0.5) is 0 Å². The second-order valence-electron chi connectivity index (χ2n) is 8.33. The maximum atomic E-state index is 12.7. The van der Waals surface area contributed by atoms with Gasteiger partial charge >= 0.3 is 5.97 Å². The van der Waals surface area contributed by atoms with E-state index in [4.69, 9.17) is 9.47 Å². The van der Waals surface area contributed by atoms with Gasteiger partial charge in [-0.1, -0.05) is 0 Å². The molecule has 5 rings (SSSR count). The van der Waals surface area contributed by atoms with Crippen molar-refractivity contribution in [2.24, 2.45) is 23.2 Å². The molecule has 7 nitrogen and oxygen atoms in total. The fourth-order valence-electron chi connectivity index (χ4n) is 5.74. The first-order chi connectivity index (χ1) is 11.4. The molecular formula is C17H26O7. The van der Waals surface area contributed by atoms with Crippen molar-refractivity contribution in [2.45, 2.75) is 69.2 Å². The van der Waals surface area contributed by atoms with E-state index in [9.17, 15) is 25.2 Å². The standard InChI is InChI=1S/C17H26O7/c18-12-11(24-15(21)14(20)13(12)19)7-23-16(22)17-4-8-1-9(5-17)3-10(2-8)6-17/h8-15,18-21H,1-7H2/t8?,9?,10?,11-,12+,13+,14-,15?,17?/m1/s1. The minimum absolute atomic E-state index is 0.234. The first-order valence-corrected chi connectivity index (χ1v) is 8.93. The van der Waals surface area contributed by atoms with Crippen LogP contribution in [0, 0.1) is 23.2 Å². The number of carbonyl (C=O) groups excluding carboxylic acids is 1.